The van der Waals surface area contributed by atoms with Gasteiger partial charge in [0.1, 0.15) is 18.2 Å². The van der Waals surface area contributed by atoms with Gasteiger partial charge in [-0.3, -0.25) is 0 Å². The smallest absolute Gasteiger partial charge is 0.125 e. The van der Waals surface area contributed by atoms with Crippen LogP contribution in [0.15, 0.2) is 30.5 Å². The van der Waals surface area contributed by atoms with Gasteiger partial charge in [-0.15, -0.1) is 0 Å². The van der Waals surface area contributed by atoms with E-state index in [0.29, 0.717) is 12.2 Å². The van der Waals surface area contributed by atoms with Crippen LogP contribution in [0.5, 0.6) is 5.75 Å². The van der Waals surface area contributed by atoms with Crippen LogP contribution in [0.1, 0.15) is 29.2 Å². The predicted octanol–water partition coefficient (Wildman–Crippen LogP) is 3.58. The lowest BCUT2D eigenvalue weighted by atomic mass is 10.1. The lowest BCUT2D eigenvalue weighted by Crippen LogP contribution is -2.02. The maximum absolute atomic E-state index is 8.95. The number of aromatic nitrogens is 1. The Morgan fingerprint density at radius 2 is 1.95 bits per heavy atom. The van der Waals surface area contributed by atoms with Crippen molar-refractivity contribution in [2.75, 3.05) is 11.9 Å². The highest BCUT2D eigenvalue weighted by atomic mass is 16.5. The molecule has 1 N–H and O–H groups in total. The molecule has 4 nitrogen and oxygen atoms in total. The van der Waals surface area contributed by atoms with Crippen LogP contribution < -0.4 is 10.1 Å². The zero-order valence-electron chi connectivity index (χ0n) is 12.6. The van der Waals surface area contributed by atoms with Crippen LogP contribution in [0, 0.1) is 25.2 Å². The Labute approximate surface area is 125 Å². The molecule has 1 aromatic heterocycles. The number of nitrogens with one attached hydrogen (secondary N) is 1. The Hall–Kier alpha value is -2.54. The minimum absolute atomic E-state index is 0.465. The molecule has 0 aliphatic carbocycles. The molecular formula is C17H19N3O. The van der Waals surface area contributed by atoms with Crippen LogP contribution >= 0.6 is 0 Å². The van der Waals surface area contributed by atoms with E-state index in [-0.39, 0.29) is 0 Å². The third kappa shape index (κ3) is 3.73. The Morgan fingerprint density at radius 1 is 1.24 bits per heavy atom. The van der Waals surface area contributed by atoms with Gasteiger partial charge in [-0.1, -0.05) is 6.07 Å². The number of nitriles is 1. The van der Waals surface area contributed by atoms with Gasteiger partial charge in [0.25, 0.3) is 0 Å². The normalized spacial score (nSPS) is 10.0. The topological polar surface area (TPSA) is 57.9 Å². The van der Waals surface area contributed by atoms with Crippen LogP contribution in [-0.2, 0) is 6.61 Å². The number of benzene rings is 1. The van der Waals surface area contributed by atoms with Gasteiger partial charge in [-0.2, -0.15) is 5.26 Å². The molecule has 0 unspecified atom stereocenters. The Bertz CT molecular complexity index is 634. The summed E-state index contributed by atoms with van der Waals surface area (Å²) < 4.78 is 5.88. The SMILES string of the molecule is CCNc1ccc(COc2c(C)cc(C#N)cc2C)cn1. The highest BCUT2D eigenvalue weighted by Gasteiger charge is 2.07. The number of ether oxygens (including phenoxy) is 1. The zero-order chi connectivity index (χ0) is 15.2. The number of hydrogen-bond acceptors (Lipinski definition) is 4. The van der Waals surface area contributed by atoms with Crippen LogP contribution in [0.25, 0.3) is 0 Å². The third-order valence-electron chi connectivity index (χ3n) is 3.16. The van der Waals surface area contributed by atoms with Crippen LogP contribution in [0.2, 0.25) is 0 Å². The second kappa shape index (κ2) is 6.76. The van der Waals surface area contributed by atoms with Crippen molar-refractivity contribution in [1.82, 2.24) is 4.98 Å². The maximum atomic E-state index is 8.95. The molecular weight excluding hydrogens is 262 g/mol. The molecule has 1 heterocycles. The summed E-state index contributed by atoms with van der Waals surface area (Å²) in [7, 11) is 0. The molecule has 4 heteroatoms. The first-order chi connectivity index (χ1) is 10.1. The lowest BCUT2D eigenvalue weighted by molar-refractivity contribution is 0.301. The fraction of sp³-hybridized carbons (Fsp3) is 0.294. The molecule has 2 aromatic rings. The quantitative estimate of drug-likeness (QED) is 0.910. The fourth-order valence-electron chi connectivity index (χ4n) is 2.19. The number of anilines is 1. The number of pyridine rings is 1. The van der Waals surface area contributed by atoms with Gasteiger partial charge < -0.3 is 10.1 Å². The molecule has 0 aliphatic heterocycles. The van der Waals surface area contributed by atoms with Crippen molar-refractivity contribution < 1.29 is 4.74 Å². The molecule has 108 valence electrons. The summed E-state index contributed by atoms with van der Waals surface area (Å²) in [5.74, 6) is 1.71. The Balaban J connectivity index is 2.08. The van der Waals surface area contributed by atoms with Gasteiger partial charge in [-0.05, 0) is 50.1 Å². The van der Waals surface area contributed by atoms with Crippen LogP contribution in [0.4, 0.5) is 5.82 Å². The summed E-state index contributed by atoms with van der Waals surface area (Å²) in [6.45, 7) is 7.26. The monoisotopic (exact) mass is 281 g/mol. The van der Waals surface area contributed by atoms with Crippen molar-refractivity contribution in [3.05, 3.63) is 52.7 Å². The molecule has 0 bridgehead atoms. The summed E-state index contributed by atoms with van der Waals surface area (Å²) in [5.41, 5.74) is 3.63. The summed E-state index contributed by atoms with van der Waals surface area (Å²) in [5, 5.41) is 12.1. The molecule has 0 radical (unpaired) electrons. The summed E-state index contributed by atoms with van der Waals surface area (Å²) in [4.78, 5) is 4.32. The van der Waals surface area contributed by atoms with E-state index in [1.54, 1.807) is 0 Å². The molecule has 0 saturated heterocycles. The molecule has 0 spiro atoms. The average molecular weight is 281 g/mol. The molecule has 0 fully saturated rings. The van der Waals surface area contributed by atoms with E-state index in [2.05, 4.69) is 16.4 Å². The van der Waals surface area contributed by atoms with Crippen LogP contribution in [-0.4, -0.2) is 11.5 Å². The second-order valence-corrected chi connectivity index (χ2v) is 4.92. The first-order valence-electron chi connectivity index (χ1n) is 6.97. The average Bonchev–Trinajstić information content (AvgIpc) is 2.48. The van der Waals surface area contributed by atoms with Crippen molar-refractivity contribution in [2.24, 2.45) is 0 Å². The minimum atomic E-state index is 0.465. The summed E-state index contributed by atoms with van der Waals surface area (Å²) >= 11 is 0. The van der Waals surface area contributed by atoms with Gasteiger partial charge in [-0.25, -0.2) is 4.98 Å². The van der Waals surface area contributed by atoms with Gasteiger partial charge in [0.2, 0.25) is 0 Å². The number of hydrogen-bond donors (Lipinski definition) is 1. The van der Waals surface area contributed by atoms with Gasteiger partial charge in [0.15, 0.2) is 0 Å². The van der Waals surface area contributed by atoms with Crippen molar-refractivity contribution in [2.45, 2.75) is 27.4 Å². The van der Waals surface area contributed by atoms with E-state index in [9.17, 15) is 0 Å². The molecule has 0 aliphatic rings. The Morgan fingerprint density at radius 3 is 2.48 bits per heavy atom. The standard InChI is InChI=1S/C17H19N3O/c1-4-19-16-6-5-14(10-20-16)11-21-17-12(2)7-15(9-18)8-13(17)3/h5-8,10H,4,11H2,1-3H3,(H,19,20). The van der Waals surface area contributed by atoms with Gasteiger partial charge in [0, 0.05) is 18.3 Å². The summed E-state index contributed by atoms with van der Waals surface area (Å²) in [6.07, 6.45) is 1.81. The van der Waals surface area contributed by atoms with Crippen molar-refractivity contribution in [3.63, 3.8) is 0 Å². The fourth-order valence-corrected chi connectivity index (χ4v) is 2.19. The van der Waals surface area contributed by atoms with Crippen molar-refractivity contribution >= 4 is 5.82 Å². The highest BCUT2D eigenvalue weighted by Crippen LogP contribution is 2.25. The first-order valence-corrected chi connectivity index (χ1v) is 6.97. The summed E-state index contributed by atoms with van der Waals surface area (Å²) in [6, 6.07) is 9.78. The van der Waals surface area contributed by atoms with Crippen molar-refractivity contribution in [3.8, 4) is 11.8 Å². The van der Waals surface area contributed by atoms with Crippen molar-refractivity contribution in [1.29, 1.82) is 5.26 Å². The molecule has 0 atom stereocenters. The lowest BCUT2D eigenvalue weighted by Gasteiger charge is -2.12. The van der Waals surface area contributed by atoms with E-state index >= 15 is 0 Å². The molecule has 21 heavy (non-hydrogen) atoms. The van der Waals surface area contributed by atoms with Crippen LogP contribution in [0.3, 0.4) is 0 Å². The molecule has 0 saturated carbocycles. The van der Waals surface area contributed by atoms with E-state index in [4.69, 9.17) is 10.00 Å². The molecule has 2 rings (SSSR count). The Kier molecular flexibility index (Phi) is 4.78. The first kappa shape index (κ1) is 14.9. The number of rotatable bonds is 5. The predicted molar refractivity (Wildman–Crippen MR) is 83.4 cm³/mol. The van der Waals surface area contributed by atoms with Gasteiger partial charge >= 0.3 is 0 Å². The molecule has 0 amide bonds. The third-order valence-corrected chi connectivity index (χ3v) is 3.16. The highest BCUT2D eigenvalue weighted by molar-refractivity contribution is 5.47. The molecule has 1 aromatic carbocycles. The number of nitrogens with zero attached hydrogens (tertiary/aromatic N) is 2. The van der Waals surface area contributed by atoms with E-state index in [1.165, 1.54) is 0 Å². The van der Waals surface area contributed by atoms with Gasteiger partial charge in [0.05, 0.1) is 11.6 Å². The zero-order valence-corrected chi connectivity index (χ0v) is 12.6. The minimum Gasteiger partial charge on any atom is -0.488 e. The van der Waals surface area contributed by atoms with E-state index in [1.807, 2.05) is 51.2 Å². The number of aryl methyl sites for hydroxylation is 2. The van der Waals surface area contributed by atoms with E-state index in [0.717, 1.165) is 34.8 Å². The largest absolute Gasteiger partial charge is 0.488 e. The van der Waals surface area contributed by atoms with E-state index < -0.39 is 0 Å². The second-order valence-electron chi connectivity index (χ2n) is 4.92. The maximum Gasteiger partial charge on any atom is 0.125 e.